The molecule has 0 saturated heterocycles. The maximum atomic E-state index is 2.84. The first-order chi connectivity index (χ1) is 35.3. The van der Waals surface area contributed by atoms with Gasteiger partial charge in [0.15, 0.2) is 0 Å². The lowest BCUT2D eigenvalue weighted by Crippen LogP contribution is -2.61. The average Bonchev–Trinajstić information content (AvgIpc) is 4.01. The minimum atomic E-state index is -0.149. The number of hydrogen-bond donors (Lipinski definition) is 0. The molecule has 3 aliphatic heterocycles. The molecule has 5 aliphatic rings. The van der Waals surface area contributed by atoms with Gasteiger partial charge in [-0.3, -0.25) is 0 Å². The van der Waals surface area contributed by atoms with Gasteiger partial charge in [-0.25, -0.2) is 0 Å². The van der Waals surface area contributed by atoms with Crippen molar-refractivity contribution in [1.82, 2.24) is 0 Å². The molecule has 2 aliphatic carbocycles. The number of fused-ring (bicyclic) bond motifs is 13. The average molecular weight is 982 g/mol. The fourth-order valence-electron chi connectivity index (χ4n) is 14.3. The highest BCUT2D eigenvalue weighted by Gasteiger charge is 2.58. The molecule has 9 aromatic rings. The number of thiophene rings is 1. The number of benzene rings is 8. The maximum Gasteiger partial charge on any atom is 0.252 e. The topological polar surface area (TPSA) is 9.72 Å². The van der Waals surface area contributed by atoms with Crippen LogP contribution in [0.25, 0.3) is 31.3 Å². The second-order valence-corrected chi connectivity index (χ2v) is 27.2. The summed E-state index contributed by atoms with van der Waals surface area (Å²) in [6.45, 7) is 26.5. The van der Waals surface area contributed by atoms with Crippen LogP contribution in [0.5, 0.6) is 0 Å². The summed E-state index contributed by atoms with van der Waals surface area (Å²) >= 11 is 1.90. The van der Waals surface area contributed by atoms with Crippen LogP contribution in [0.4, 0.5) is 45.5 Å². The van der Waals surface area contributed by atoms with Crippen molar-refractivity contribution in [1.29, 1.82) is 0 Å². The zero-order valence-corrected chi connectivity index (χ0v) is 46.1. The summed E-state index contributed by atoms with van der Waals surface area (Å²) in [4.78, 5) is 8.21. The van der Waals surface area contributed by atoms with E-state index >= 15 is 0 Å². The van der Waals surface area contributed by atoms with E-state index in [2.05, 4.69) is 243 Å². The fraction of sp³-hybridized carbons (Fsp3) is 0.304. The quantitative estimate of drug-likeness (QED) is 0.163. The lowest BCUT2D eigenvalue weighted by atomic mass is 9.33. The van der Waals surface area contributed by atoms with Gasteiger partial charge in [0.25, 0.3) is 6.71 Å². The van der Waals surface area contributed by atoms with E-state index in [-0.39, 0.29) is 33.9 Å². The molecular formula is C69H68BN3S. The van der Waals surface area contributed by atoms with Crippen molar-refractivity contribution in [3.63, 3.8) is 0 Å². The van der Waals surface area contributed by atoms with Gasteiger partial charge in [-0.2, -0.15) is 0 Å². The van der Waals surface area contributed by atoms with Crippen LogP contribution >= 0.6 is 11.3 Å². The molecule has 74 heavy (non-hydrogen) atoms. The van der Waals surface area contributed by atoms with Crippen molar-refractivity contribution in [3.8, 4) is 11.1 Å². The van der Waals surface area contributed by atoms with Crippen LogP contribution < -0.4 is 31.1 Å². The molecule has 1 saturated carbocycles. The molecule has 2 atom stereocenters. The molecule has 0 bridgehead atoms. The summed E-state index contributed by atoms with van der Waals surface area (Å²) in [6.07, 6.45) is 5.75. The van der Waals surface area contributed by atoms with E-state index < -0.39 is 0 Å². The largest absolute Gasteiger partial charge is 0.334 e. The highest BCUT2D eigenvalue weighted by molar-refractivity contribution is 7.25. The number of hydrogen-bond acceptors (Lipinski definition) is 4. The monoisotopic (exact) mass is 982 g/mol. The molecule has 0 N–H and O–H groups in total. The Kier molecular flexibility index (Phi) is 9.65. The first kappa shape index (κ1) is 46.0. The van der Waals surface area contributed by atoms with Crippen molar-refractivity contribution in [3.05, 3.63) is 185 Å². The molecule has 4 heterocycles. The van der Waals surface area contributed by atoms with Crippen molar-refractivity contribution in [2.45, 2.75) is 135 Å². The van der Waals surface area contributed by atoms with Gasteiger partial charge in [0.05, 0.1) is 5.54 Å². The highest BCUT2D eigenvalue weighted by atomic mass is 32.1. The van der Waals surface area contributed by atoms with Gasteiger partial charge in [0.1, 0.15) is 0 Å². The van der Waals surface area contributed by atoms with E-state index in [0.717, 1.165) is 12.8 Å². The Morgan fingerprint density at radius 3 is 1.72 bits per heavy atom. The van der Waals surface area contributed by atoms with Crippen LogP contribution in [0.1, 0.15) is 135 Å². The molecule has 368 valence electrons. The van der Waals surface area contributed by atoms with Crippen molar-refractivity contribution >= 4 is 100 Å². The lowest BCUT2D eigenvalue weighted by molar-refractivity contribution is 0.195. The third-order valence-electron chi connectivity index (χ3n) is 18.7. The van der Waals surface area contributed by atoms with E-state index in [1.165, 1.54) is 146 Å². The molecule has 0 radical (unpaired) electrons. The van der Waals surface area contributed by atoms with Gasteiger partial charge in [-0.05, 0) is 170 Å². The second kappa shape index (κ2) is 15.5. The molecule has 5 heteroatoms. The van der Waals surface area contributed by atoms with Crippen LogP contribution in [0, 0.1) is 0 Å². The Morgan fingerprint density at radius 2 is 1.03 bits per heavy atom. The van der Waals surface area contributed by atoms with Crippen LogP contribution in [-0.2, 0) is 28.1 Å². The summed E-state index contributed by atoms with van der Waals surface area (Å²) in [7, 11) is 0. The Balaban J connectivity index is 1.12. The molecular weight excluding hydrogens is 914 g/mol. The minimum Gasteiger partial charge on any atom is -0.334 e. The Labute approximate surface area is 444 Å². The first-order valence-corrected chi connectivity index (χ1v) is 28.3. The van der Waals surface area contributed by atoms with E-state index in [0.29, 0.717) is 0 Å². The molecule has 1 fully saturated rings. The standard InChI is InChI=1S/C69H68BN3S/c1-65(2,3)44-25-30-57-54(35-44)68(10)32-16-17-33-69(68,11)73(57)49-40-60-64-61(41-49)72(48-27-31-63-53(39-48)51-20-14-15-21-62(51)74-63)59-37-46(67(7,8)9)24-29-56(59)70(64)55-28-23-45(66(4,5)6)36-58(55)71(60)47-26-22-43-34-42-18-12-13-19-50(42)52(43)38-47/h12-15,18-31,35-41H,16-17,32-34H2,1-11H3. The Morgan fingerprint density at radius 1 is 0.459 bits per heavy atom. The van der Waals surface area contributed by atoms with Crippen molar-refractivity contribution in [2.75, 3.05) is 14.7 Å². The van der Waals surface area contributed by atoms with Gasteiger partial charge in [-0.15, -0.1) is 11.3 Å². The number of rotatable bonds is 3. The summed E-state index contributed by atoms with van der Waals surface area (Å²) in [5, 5.41) is 2.64. The van der Waals surface area contributed by atoms with E-state index in [9.17, 15) is 0 Å². The highest BCUT2D eigenvalue weighted by Crippen LogP contribution is 2.62. The first-order valence-electron chi connectivity index (χ1n) is 27.5. The normalized spacial score (nSPS) is 19.6. The lowest BCUT2D eigenvalue weighted by Gasteiger charge is -2.51. The van der Waals surface area contributed by atoms with Gasteiger partial charge < -0.3 is 14.7 Å². The van der Waals surface area contributed by atoms with Gasteiger partial charge in [0, 0.05) is 71.1 Å². The van der Waals surface area contributed by atoms with Gasteiger partial charge in [-0.1, -0.05) is 167 Å². The third kappa shape index (κ3) is 6.50. The summed E-state index contributed by atoms with van der Waals surface area (Å²) in [5.41, 5.74) is 25.1. The molecule has 0 amide bonds. The molecule has 0 spiro atoms. The molecule has 1 aromatic heterocycles. The number of anilines is 8. The van der Waals surface area contributed by atoms with Gasteiger partial charge >= 0.3 is 0 Å². The zero-order valence-electron chi connectivity index (χ0n) is 45.3. The van der Waals surface area contributed by atoms with E-state index in [4.69, 9.17) is 0 Å². The van der Waals surface area contributed by atoms with Crippen LogP contribution in [0.3, 0.4) is 0 Å². The van der Waals surface area contributed by atoms with Crippen molar-refractivity contribution in [2.24, 2.45) is 0 Å². The Bertz CT molecular complexity index is 3860. The zero-order chi connectivity index (χ0) is 51.0. The minimum absolute atomic E-state index is 0.00573. The van der Waals surface area contributed by atoms with Crippen LogP contribution in [0.15, 0.2) is 152 Å². The second-order valence-electron chi connectivity index (χ2n) is 26.1. The molecule has 8 aromatic carbocycles. The van der Waals surface area contributed by atoms with Crippen molar-refractivity contribution < 1.29 is 0 Å². The smallest absolute Gasteiger partial charge is 0.252 e. The molecule has 2 unspecified atom stereocenters. The Hall–Kier alpha value is -6.56. The predicted molar refractivity (Wildman–Crippen MR) is 321 cm³/mol. The summed E-state index contributed by atoms with van der Waals surface area (Å²) in [6, 6.07) is 60.4. The predicted octanol–water partition coefficient (Wildman–Crippen LogP) is 17.3. The molecule has 14 rings (SSSR count). The van der Waals surface area contributed by atoms with E-state index in [1.807, 2.05) is 11.3 Å². The van der Waals surface area contributed by atoms with E-state index in [1.54, 1.807) is 0 Å². The maximum absolute atomic E-state index is 2.84. The van der Waals surface area contributed by atoms with Gasteiger partial charge in [0.2, 0.25) is 0 Å². The molecule has 3 nitrogen and oxygen atoms in total. The third-order valence-corrected chi connectivity index (χ3v) is 19.8. The summed E-state index contributed by atoms with van der Waals surface area (Å²) < 4.78 is 2.66. The fourth-order valence-corrected chi connectivity index (χ4v) is 15.4. The number of nitrogens with zero attached hydrogens (tertiary/aromatic N) is 3. The van der Waals surface area contributed by atoms with Crippen LogP contribution in [0.2, 0.25) is 0 Å². The SMILES string of the molecule is CC(C)(C)c1ccc2c(c1)N(c1ccc3c(c1)-c1ccccc1C3)c1cc(N3c4ccc(C(C)(C)C)cc4C4(C)CCCCC34C)cc3c1B2c1ccc(C(C)(C)C)cc1N3c1ccc2sc3ccccc3c2c1. The van der Waals surface area contributed by atoms with Crippen LogP contribution in [-0.4, -0.2) is 12.3 Å². The summed E-state index contributed by atoms with van der Waals surface area (Å²) in [5.74, 6) is 0.